The number of benzene rings is 4. The van der Waals surface area contributed by atoms with Gasteiger partial charge >= 0.3 is 280 Å². The Morgan fingerprint density at radius 1 is 0.851 bits per heavy atom. The van der Waals surface area contributed by atoms with Gasteiger partial charge in [0, 0.05) is 0 Å². The predicted octanol–water partition coefficient (Wildman–Crippen LogP) is 3.88. The number of hydrogen-bond acceptors (Lipinski definition) is 7. The van der Waals surface area contributed by atoms with Crippen LogP contribution >= 0.6 is 0 Å². The van der Waals surface area contributed by atoms with E-state index in [1.165, 1.54) is 10.8 Å². The van der Waals surface area contributed by atoms with Crippen LogP contribution in [0.5, 0.6) is 11.5 Å². The van der Waals surface area contributed by atoms with Crippen LogP contribution < -0.4 is 25.2 Å². The first-order valence-corrected chi connectivity index (χ1v) is 16.9. The second-order valence-corrected chi connectivity index (χ2v) is 14.2. The molecule has 0 saturated carbocycles. The topological polar surface area (TPSA) is 112 Å². The third kappa shape index (κ3) is 6.43. The fraction of sp³-hybridized carbons (Fsp3) is 0.243. The number of nitrogens with zero attached hydrogens (tertiary/aromatic N) is 1. The Hall–Kier alpha value is -4.44. The Kier molecular flexibility index (Phi) is 9.50. The first-order chi connectivity index (χ1) is 22.8. The van der Waals surface area contributed by atoms with Crippen molar-refractivity contribution in [3.05, 3.63) is 158 Å². The summed E-state index contributed by atoms with van der Waals surface area (Å²) in [7, 11) is 3.25. The molecule has 1 saturated heterocycles. The molecule has 0 unspecified atom stereocenters. The second-order valence-electron chi connectivity index (χ2n) is 11.3. The molecule has 242 valence electrons. The Bertz CT molecular complexity index is 1860. The zero-order valence-electron chi connectivity index (χ0n) is 26.3. The van der Waals surface area contributed by atoms with Gasteiger partial charge in [0.2, 0.25) is 0 Å². The molecule has 9 nitrogen and oxygen atoms in total. The van der Waals surface area contributed by atoms with Crippen molar-refractivity contribution in [2.24, 2.45) is 0 Å². The molecule has 0 aliphatic carbocycles. The summed E-state index contributed by atoms with van der Waals surface area (Å²) in [5, 5.41) is 11.9. The van der Waals surface area contributed by atoms with Crippen LogP contribution in [0, 0.1) is 6.92 Å². The Morgan fingerprint density at radius 3 is 1.94 bits per heavy atom. The summed E-state index contributed by atoms with van der Waals surface area (Å²) in [6, 6.07) is 35.2. The van der Waals surface area contributed by atoms with Crippen molar-refractivity contribution in [3.8, 4) is 11.5 Å². The van der Waals surface area contributed by atoms with Crippen LogP contribution in [-0.2, 0) is 15.1 Å². The van der Waals surface area contributed by atoms with Crippen LogP contribution in [0.25, 0.3) is 0 Å². The number of aromatic amines is 1. The standard InChI is InChI=1S/C37H36N2O7Se/c1-25-23-39(35(42)38-34(25)41)33-22-32(40)36(46-33,47-31-12-8-5-9-13-31)24-45-37(26-10-6-4-7-11-26,27-14-18-29(43-2)19-15-27)28-16-20-30(44-3)21-17-28/h4-21,23,32-33,40H,22,24H2,1-3H3,(H,38,41,42)/t32-,33+,36+/m0/s1. The van der Waals surface area contributed by atoms with Crippen LogP contribution in [-0.4, -0.2) is 61.0 Å². The van der Waals surface area contributed by atoms with E-state index in [9.17, 15) is 14.7 Å². The molecule has 47 heavy (non-hydrogen) atoms. The molecule has 1 aliphatic heterocycles. The van der Waals surface area contributed by atoms with Gasteiger partial charge in [-0.2, -0.15) is 0 Å². The number of rotatable bonds is 11. The van der Waals surface area contributed by atoms with Crippen molar-refractivity contribution in [1.82, 2.24) is 9.55 Å². The Morgan fingerprint density at radius 2 is 1.38 bits per heavy atom. The normalized spacial score (nSPS) is 19.4. The SMILES string of the molecule is COc1ccc(C(OC[C@]2([Se]c3ccccc3)O[C@@H](n3cc(C)c(=O)[nH]c3=O)C[C@@H]2O)(c2ccccc2)c2ccc(OC)cc2)cc1. The number of methoxy groups -OCH3 is 2. The molecule has 0 spiro atoms. The minimum atomic E-state index is -1.21. The quantitative estimate of drug-likeness (QED) is 0.159. The van der Waals surface area contributed by atoms with Crippen molar-refractivity contribution >= 4 is 19.4 Å². The minimum absolute atomic E-state index is 0.0242. The number of ether oxygens (including phenoxy) is 4. The van der Waals surface area contributed by atoms with E-state index in [0.29, 0.717) is 17.1 Å². The summed E-state index contributed by atoms with van der Waals surface area (Å²) < 4.78 is 26.1. The fourth-order valence-corrected chi connectivity index (χ4v) is 8.44. The van der Waals surface area contributed by atoms with Gasteiger partial charge < -0.3 is 0 Å². The fourth-order valence-electron chi connectivity index (χ4n) is 5.92. The third-order valence-corrected chi connectivity index (χ3v) is 11.2. The van der Waals surface area contributed by atoms with Gasteiger partial charge in [0.25, 0.3) is 0 Å². The first-order valence-electron chi connectivity index (χ1n) is 15.2. The van der Waals surface area contributed by atoms with Crippen LogP contribution in [0.1, 0.15) is 34.9 Å². The van der Waals surface area contributed by atoms with E-state index < -0.39 is 48.6 Å². The molecular weight excluding hydrogens is 663 g/mol. The van der Waals surface area contributed by atoms with E-state index in [0.717, 1.165) is 21.2 Å². The summed E-state index contributed by atoms with van der Waals surface area (Å²) in [4.78, 5) is 27.4. The maximum absolute atomic E-state index is 12.9. The van der Waals surface area contributed by atoms with Gasteiger partial charge in [-0.3, -0.25) is 0 Å². The van der Waals surface area contributed by atoms with Gasteiger partial charge in [0.1, 0.15) is 0 Å². The number of aliphatic hydroxyl groups excluding tert-OH is 1. The molecule has 4 aromatic carbocycles. The molecule has 5 aromatic rings. The average molecular weight is 700 g/mol. The van der Waals surface area contributed by atoms with Gasteiger partial charge in [0.15, 0.2) is 0 Å². The monoisotopic (exact) mass is 700 g/mol. The van der Waals surface area contributed by atoms with Crippen molar-refractivity contribution in [2.75, 3.05) is 20.8 Å². The van der Waals surface area contributed by atoms with Crippen LogP contribution in [0.15, 0.2) is 125 Å². The summed E-state index contributed by atoms with van der Waals surface area (Å²) in [6.07, 6.45) is -0.205. The summed E-state index contributed by atoms with van der Waals surface area (Å²) in [5.41, 5.74) is 0.714. The molecule has 1 aliphatic rings. The molecule has 1 fully saturated rings. The Labute approximate surface area is 278 Å². The maximum atomic E-state index is 12.9. The molecular formula is C37H36N2O7Se. The van der Waals surface area contributed by atoms with Gasteiger partial charge in [-0.05, 0) is 0 Å². The summed E-state index contributed by atoms with van der Waals surface area (Å²) in [5.74, 6) is 1.40. The third-order valence-electron chi connectivity index (χ3n) is 8.42. The van der Waals surface area contributed by atoms with Crippen LogP contribution in [0.4, 0.5) is 0 Å². The van der Waals surface area contributed by atoms with Crippen LogP contribution in [0.3, 0.4) is 0 Å². The van der Waals surface area contributed by atoms with Crippen molar-refractivity contribution < 1.29 is 24.1 Å². The van der Waals surface area contributed by atoms with Crippen molar-refractivity contribution in [3.63, 3.8) is 0 Å². The number of nitrogens with one attached hydrogen (secondary N) is 1. The van der Waals surface area contributed by atoms with Crippen LogP contribution in [0.2, 0.25) is 0 Å². The van der Waals surface area contributed by atoms with E-state index in [4.69, 9.17) is 18.9 Å². The van der Waals surface area contributed by atoms with Crippen molar-refractivity contribution in [1.29, 1.82) is 0 Å². The number of H-pyrrole nitrogens is 1. The van der Waals surface area contributed by atoms with Gasteiger partial charge in [-0.1, -0.05) is 0 Å². The summed E-state index contributed by atoms with van der Waals surface area (Å²) >= 11 is -0.467. The molecule has 2 heterocycles. The zero-order chi connectivity index (χ0) is 33.0. The second kappa shape index (κ2) is 13.7. The molecule has 1 aromatic heterocycles. The van der Waals surface area contributed by atoms with E-state index in [-0.39, 0.29) is 13.0 Å². The number of aromatic nitrogens is 2. The predicted molar refractivity (Wildman–Crippen MR) is 180 cm³/mol. The van der Waals surface area contributed by atoms with E-state index in [2.05, 4.69) is 4.98 Å². The molecule has 6 rings (SSSR count). The number of aryl methyl sites for hydroxylation is 1. The van der Waals surface area contributed by atoms with Gasteiger partial charge in [-0.25, -0.2) is 0 Å². The molecule has 0 radical (unpaired) electrons. The van der Waals surface area contributed by atoms with E-state index >= 15 is 0 Å². The molecule has 2 N–H and O–H groups in total. The molecule has 3 atom stereocenters. The number of hydrogen-bond donors (Lipinski definition) is 2. The summed E-state index contributed by atoms with van der Waals surface area (Å²) in [6.45, 7) is 1.60. The number of aliphatic hydroxyl groups is 1. The molecule has 0 amide bonds. The van der Waals surface area contributed by atoms with E-state index in [1.54, 1.807) is 21.1 Å². The van der Waals surface area contributed by atoms with E-state index in [1.807, 2.05) is 109 Å². The van der Waals surface area contributed by atoms with Crippen molar-refractivity contribution in [2.45, 2.75) is 35.8 Å². The van der Waals surface area contributed by atoms with Gasteiger partial charge in [0.05, 0.1) is 0 Å². The van der Waals surface area contributed by atoms with Gasteiger partial charge in [-0.15, -0.1) is 0 Å². The Balaban J connectivity index is 1.49. The first kappa shape index (κ1) is 32.5. The average Bonchev–Trinajstić information content (AvgIpc) is 3.42. The molecule has 0 bridgehead atoms. The molecule has 10 heteroatoms. The zero-order valence-corrected chi connectivity index (χ0v) is 28.0.